The number of carbonyl (C=O) groups excluding carboxylic acids is 2. The molecule has 0 aliphatic rings. The Morgan fingerprint density at radius 1 is 1.00 bits per heavy atom. The minimum Gasteiger partial charge on any atom is -0.491 e. The van der Waals surface area contributed by atoms with Gasteiger partial charge >= 0.3 is 0 Å². The van der Waals surface area contributed by atoms with E-state index in [4.69, 9.17) is 4.74 Å². The Hall–Kier alpha value is -2.62. The molecule has 1 N–H and O–H groups in total. The summed E-state index contributed by atoms with van der Waals surface area (Å²) in [5.74, 6) is 0.553. The molecule has 0 bridgehead atoms. The number of nitrogens with one attached hydrogen (secondary N) is 1. The molecular weight excluding hydrogens is 290 g/mol. The van der Waals surface area contributed by atoms with Crippen LogP contribution in [0.2, 0.25) is 0 Å². The standard InChI is InChI=1S/C19H21NO3/c1-4-13(2)23-18-11-7-16(8-12-18)19(22)20-17-9-5-15(6-10-17)14(3)21/h5-13H,4H2,1-3H3,(H,20,22). The van der Waals surface area contributed by atoms with Gasteiger partial charge in [0.05, 0.1) is 6.10 Å². The smallest absolute Gasteiger partial charge is 0.255 e. The number of carbonyl (C=O) groups is 2. The van der Waals surface area contributed by atoms with Gasteiger partial charge < -0.3 is 10.1 Å². The summed E-state index contributed by atoms with van der Waals surface area (Å²) in [5, 5.41) is 2.80. The molecule has 0 spiro atoms. The Labute approximate surface area is 136 Å². The summed E-state index contributed by atoms with van der Waals surface area (Å²) in [5.41, 5.74) is 1.83. The largest absolute Gasteiger partial charge is 0.491 e. The zero-order valence-corrected chi connectivity index (χ0v) is 13.6. The number of Topliss-reactive ketones (excluding diaryl/α,β-unsaturated/α-hetero) is 1. The van der Waals surface area contributed by atoms with Crippen LogP contribution in [0.3, 0.4) is 0 Å². The SMILES string of the molecule is CCC(C)Oc1ccc(C(=O)Nc2ccc(C(C)=O)cc2)cc1. The van der Waals surface area contributed by atoms with E-state index >= 15 is 0 Å². The maximum atomic E-state index is 12.2. The number of anilines is 1. The topological polar surface area (TPSA) is 55.4 Å². The van der Waals surface area contributed by atoms with E-state index in [-0.39, 0.29) is 17.8 Å². The molecule has 120 valence electrons. The van der Waals surface area contributed by atoms with Crippen molar-refractivity contribution in [3.8, 4) is 5.75 Å². The molecule has 0 aromatic heterocycles. The van der Waals surface area contributed by atoms with Crippen molar-refractivity contribution in [2.75, 3.05) is 5.32 Å². The van der Waals surface area contributed by atoms with Crippen molar-refractivity contribution in [3.05, 3.63) is 59.7 Å². The van der Waals surface area contributed by atoms with Gasteiger partial charge in [-0.2, -0.15) is 0 Å². The van der Waals surface area contributed by atoms with Crippen LogP contribution in [0, 0.1) is 0 Å². The summed E-state index contributed by atoms with van der Waals surface area (Å²) >= 11 is 0. The van der Waals surface area contributed by atoms with Crippen molar-refractivity contribution in [2.24, 2.45) is 0 Å². The first kappa shape index (κ1) is 16.7. The van der Waals surface area contributed by atoms with E-state index in [0.29, 0.717) is 16.8 Å². The summed E-state index contributed by atoms with van der Waals surface area (Å²) in [7, 11) is 0. The highest BCUT2D eigenvalue weighted by Crippen LogP contribution is 2.16. The maximum absolute atomic E-state index is 12.2. The Balaban J connectivity index is 2.01. The van der Waals surface area contributed by atoms with Gasteiger partial charge in [-0.05, 0) is 68.8 Å². The van der Waals surface area contributed by atoms with E-state index in [2.05, 4.69) is 12.2 Å². The van der Waals surface area contributed by atoms with Crippen LogP contribution in [0.5, 0.6) is 5.75 Å². The highest BCUT2D eigenvalue weighted by atomic mass is 16.5. The minimum absolute atomic E-state index is 0.000210. The number of benzene rings is 2. The summed E-state index contributed by atoms with van der Waals surface area (Å²) in [6.07, 6.45) is 1.08. The molecule has 23 heavy (non-hydrogen) atoms. The molecule has 0 heterocycles. The average molecular weight is 311 g/mol. The van der Waals surface area contributed by atoms with Crippen LogP contribution in [-0.2, 0) is 0 Å². The second-order valence-corrected chi connectivity index (χ2v) is 5.45. The van der Waals surface area contributed by atoms with Gasteiger partial charge in [0.15, 0.2) is 5.78 Å². The predicted molar refractivity (Wildman–Crippen MR) is 91.2 cm³/mol. The molecule has 0 aliphatic heterocycles. The van der Waals surface area contributed by atoms with Crippen LogP contribution in [-0.4, -0.2) is 17.8 Å². The van der Waals surface area contributed by atoms with Crippen molar-refractivity contribution in [2.45, 2.75) is 33.3 Å². The first-order valence-electron chi connectivity index (χ1n) is 7.68. The lowest BCUT2D eigenvalue weighted by Crippen LogP contribution is -2.12. The van der Waals surface area contributed by atoms with Gasteiger partial charge in [0.2, 0.25) is 0 Å². The monoisotopic (exact) mass is 311 g/mol. The maximum Gasteiger partial charge on any atom is 0.255 e. The molecular formula is C19H21NO3. The third kappa shape index (κ3) is 4.68. The van der Waals surface area contributed by atoms with Crippen LogP contribution in [0.25, 0.3) is 0 Å². The van der Waals surface area contributed by atoms with Gasteiger partial charge in [-0.1, -0.05) is 6.92 Å². The first-order valence-corrected chi connectivity index (χ1v) is 7.68. The fourth-order valence-electron chi connectivity index (χ4n) is 1.99. The second kappa shape index (κ2) is 7.58. The van der Waals surface area contributed by atoms with Crippen LogP contribution >= 0.6 is 0 Å². The van der Waals surface area contributed by atoms with Gasteiger partial charge in [-0.25, -0.2) is 0 Å². The molecule has 0 aliphatic carbocycles. The molecule has 1 atom stereocenters. The van der Waals surface area contributed by atoms with E-state index in [0.717, 1.165) is 12.2 Å². The summed E-state index contributed by atoms with van der Waals surface area (Å²) in [6.45, 7) is 5.58. The molecule has 1 amide bonds. The number of amides is 1. The highest BCUT2D eigenvalue weighted by molar-refractivity contribution is 6.04. The van der Waals surface area contributed by atoms with E-state index in [9.17, 15) is 9.59 Å². The van der Waals surface area contributed by atoms with Crippen molar-refractivity contribution in [1.82, 2.24) is 0 Å². The van der Waals surface area contributed by atoms with Crippen LogP contribution in [0.4, 0.5) is 5.69 Å². The fourth-order valence-corrected chi connectivity index (χ4v) is 1.99. The van der Waals surface area contributed by atoms with Crippen molar-refractivity contribution in [3.63, 3.8) is 0 Å². The fraction of sp³-hybridized carbons (Fsp3) is 0.263. The van der Waals surface area contributed by atoms with Crippen LogP contribution in [0.15, 0.2) is 48.5 Å². The van der Waals surface area contributed by atoms with Crippen LogP contribution in [0.1, 0.15) is 47.9 Å². The highest BCUT2D eigenvalue weighted by Gasteiger charge is 2.08. The van der Waals surface area contributed by atoms with E-state index in [1.807, 2.05) is 6.92 Å². The summed E-state index contributed by atoms with van der Waals surface area (Å²) in [4.78, 5) is 23.4. The second-order valence-electron chi connectivity index (χ2n) is 5.45. The molecule has 4 nitrogen and oxygen atoms in total. The molecule has 2 rings (SSSR count). The molecule has 2 aromatic carbocycles. The number of ketones is 1. The normalized spacial score (nSPS) is 11.6. The Bertz CT molecular complexity index is 675. The lowest BCUT2D eigenvalue weighted by molar-refractivity contribution is 0.101. The van der Waals surface area contributed by atoms with Gasteiger partial charge in [-0.3, -0.25) is 9.59 Å². The molecule has 4 heteroatoms. The molecule has 0 radical (unpaired) electrons. The quantitative estimate of drug-likeness (QED) is 0.808. The molecule has 2 aromatic rings. The number of hydrogen-bond acceptors (Lipinski definition) is 3. The van der Waals surface area contributed by atoms with Crippen molar-refractivity contribution >= 4 is 17.4 Å². The Morgan fingerprint density at radius 3 is 2.09 bits per heavy atom. The van der Waals surface area contributed by atoms with E-state index < -0.39 is 0 Å². The number of hydrogen-bond donors (Lipinski definition) is 1. The van der Waals surface area contributed by atoms with Crippen LogP contribution < -0.4 is 10.1 Å². The zero-order chi connectivity index (χ0) is 16.8. The predicted octanol–water partition coefficient (Wildman–Crippen LogP) is 4.32. The van der Waals surface area contributed by atoms with E-state index in [1.54, 1.807) is 48.5 Å². The van der Waals surface area contributed by atoms with E-state index in [1.165, 1.54) is 6.92 Å². The third-order valence-electron chi connectivity index (χ3n) is 3.58. The van der Waals surface area contributed by atoms with Gasteiger partial charge in [0.25, 0.3) is 5.91 Å². The number of ether oxygens (including phenoxy) is 1. The number of rotatable bonds is 6. The Morgan fingerprint density at radius 2 is 1.57 bits per heavy atom. The summed E-state index contributed by atoms with van der Waals surface area (Å²) in [6, 6.07) is 13.9. The average Bonchev–Trinajstić information content (AvgIpc) is 2.55. The third-order valence-corrected chi connectivity index (χ3v) is 3.58. The van der Waals surface area contributed by atoms with Crippen molar-refractivity contribution < 1.29 is 14.3 Å². The molecule has 0 saturated carbocycles. The Kier molecular flexibility index (Phi) is 5.52. The first-order chi connectivity index (χ1) is 11.0. The van der Waals surface area contributed by atoms with Gasteiger partial charge in [-0.15, -0.1) is 0 Å². The van der Waals surface area contributed by atoms with Crippen molar-refractivity contribution in [1.29, 1.82) is 0 Å². The lowest BCUT2D eigenvalue weighted by Gasteiger charge is -2.12. The van der Waals surface area contributed by atoms with Gasteiger partial charge in [0, 0.05) is 16.8 Å². The van der Waals surface area contributed by atoms with Gasteiger partial charge in [0.1, 0.15) is 5.75 Å². The molecule has 1 unspecified atom stereocenters. The minimum atomic E-state index is -0.198. The lowest BCUT2D eigenvalue weighted by atomic mass is 10.1. The zero-order valence-electron chi connectivity index (χ0n) is 13.6. The summed E-state index contributed by atoms with van der Waals surface area (Å²) < 4.78 is 5.69. The molecule has 0 saturated heterocycles. The molecule has 0 fully saturated rings.